The molecule has 0 spiro atoms. The van der Waals surface area contributed by atoms with E-state index in [9.17, 15) is 18.0 Å². The number of rotatable bonds is 2. The summed E-state index contributed by atoms with van der Waals surface area (Å²) in [4.78, 5) is 15.0. The second kappa shape index (κ2) is 6.44. The molecule has 3 rings (SSSR count). The fourth-order valence-corrected chi connectivity index (χ4v) is 2.68. The molecule has 0 atom stereocenters. The van der Waals surface area contributed by atoms with Crippen molar-refractivity contribution in [3.05, 3.63) is 59.3 Å². The van der Waals surface area contributed by atoms with Gasteiger partial charge in [0.15, 0.2) is 0 Å². The summed E-state index contributed by atoms with van der Waals surface area (Å²) in [6, 6.07) is 9.05. The van der Waals surface area contributed by atoms with E-state index in [0.717, 1.165) is 23.1 Å². The van der Waals surface area contributed by atoms with Crippen molar-refractivity contribution in [1.82, 2.24) is 4.98 Å². The monoisotopic (exact) mass is 358 g/mol. The van der Waals surface area contributed by atoms with Crippen LogP contribution in [0.4, 0.5) is 29.3 Å². The first kappa shape index (κ1) is 17.4. The van der Waals surface area contributed by atoms with Crippen molar-refractivity contribution in [3.63, 3.8) is 0 Å². The summed E-state index contributed by atoms with van der Waals surface area (Å²) in [5.74, 6) is 0. The van der Waals surface area contributed by atoms with Crippen LogP contribution in [0.2, 0.25) is 0 Å². The molecule has 0 saturated heterocycles. The third-order valence-electron chi connectivity index (χ3n) is 3.83. The molecule has 0 unspecified atom stereocenters. The minimum absolute atomic E-state index is 0.236. The lowest BCUT2D eigenvalue weighted by atomic mass is 10.1. The van der Waals surface area contributed by atoms with Gasteiger partial charge in [0.1, 0.15) is 6.07 Å². The van der Waals surface area contributed by atoms with Gasteiger partial charge in [-0.3, -0.25) is 0 Å². The third-order valence-corrected chi connectivity index (χ3v) is 3.83. The van der Waals surface area contributed by atoms with Crippen molar-refractivity contribution in [2.45, 2.75) is 13.1 Å². The molecule has 0 saturated carbocycles. The lowest BCUT2D eigenvalue weighted by Gasteiger charge is -2.10. The molecule has 0 aliphatic rings. The largest absolute Gasteiger partial charge is 0.416 e. The molecule has 0 bridgehead atoms. The van der Waals surface area contributed by atoms with E-state index in [4.69, 9.17) is 5.26 Å². The van der Waals surface area contributed by atoms with Crippen molar-refractivity contribution in [1.29, 1.82) is 5.26 Å². The van der Waals surface area contributed by atoms with Gasteiger partial charge >= 0.3 is 12.2 Å². The summed E-state index contributed by atoms with van der Waals surface area (Å²) in [5.41, 5.74) is 1.96. The normalized spacial score (nSPS) is 11.2. The van der Waals surface area contributed by atoms with Gasteiger partial charge in [0.2, 0.25) is 0 Å². The average Bonchev–Trinajstić information content (AvgIpc) is 2.98. The Bertz CT molecular complexity index is 1010. The number of nitrogens with zero attached hydrogens (tertiary/aromatic N) is 1. The third kappa shape index (κ3) is 3.47. The molecule has 132 valence electrons. The molecular weight excluding hydrogens is 345 g/mol. The standard InChI is InChI=1S/C18H13F3N4O/c1-10-6-14(7-15-16(10)11(8-22)9-23-15)25-17(26)24-13-4-2-12(3-5-13)18(19,20)21/h2-7,9,23H,1H3,(H2,24,25,26). The number of carbonyl (C=O) groups excluding carboxylic acids is 1. The molecule has 8 heteroatoms. The number of anilines is 2. The number of urea groups is 1. The highest BCUT2D eigenvalue weighted by molar-refractivity contribution is 6.01. The van der Waals surface area contributed by atoms with E-state index in [1.165, 1.54) is 12.1 Å². The number of aryl methyl sites for hydroxylation is 1. The van der Waals surface area contributed by atoms with Crippen molar-refractivity contribution >= 4 is 28.3 Å². The SMILES string of the molecule is Cc1cc(NC(=O)Nc2ccc(C(F)(F)F)cc2)cc2[nH]cc(C#N)c12. The highest BCUT2D eigenvalue weighted by Gasteiger charge is 2.29. The van der Waals surface area contributed by atoms with Gasteiger partial charge in [-0.2, -0.15) is 18.4 Å². The van der Waals surface area contributed by atoms with Crippen LogP contribution in [0.25, 0.3) is 10.9 Å². The molecule has 0 radical (unpaired) electrons. The maximum absolute atomic E-state index is 12.5. The van der Waals surface area contributed by atoms with Gasteiger partial charge in [-0.1, -0.05) is 0 Å². The van der Waals surface area contributed by atoms with Crippen LogP contribution in [0, 0.1) is 18.3 Å². The van der Waals surface area contributed by atoms with Crippen molar-refractivity contribution in [2.24, 2.45) is 0 Å². The first-order valence-electron chi connectivity index (χ1n) is 7.55. The molecule has 0 aliphatic carbocycles. The number of halogens is 3. The zero-order valence-electron chi connectivity index (χ0n) is 13.5. The molecule has 0 aliphatic heterocycles. The van der Waals surface area contributed by atoms with Gasteiger partial charge < -0.3 is 15.6 Å². The van der Waals surface area contributed by atoms with Crippen molar-refractivity contribution < 1.29 is 18.0 Å². The number of hydrogen-bond donors (Lipinski definition) is 3. The lowest BCUT2D eigenvalue weighted by Crippen LogP contribution is -2.19. The Morgan fingerprint density at radius 3 is 2.38 bits per heavy atom. The molecular formula is C18H13F3N4O. The minimum atomic E-state index is -4.42. The fraction of sp³-hybridized carbons (Fsp3) is 0.111. The molecule has 3 aromatic rings. The molecule has 1 heterocycles. The summed E-state index contributed by atoms with van der Waals surface area (Å²) in [7, 11) is 0. The van der Waals surface area contributed by atoms with Crippen LogP contribution in [0.3, 0.4) is 0 Å². The first-order valence-corrected chi connectivity index (χ1v) is 7.55. The molecule has 0 fully saturated rings. The van der Waals surface area contributed by atoms with Crippen molar-refractivity contribution in [2.75, 3.05) is 10.6 Å². The van der Waals surface area contributed by atoms with Gasteiger partial charge in [0.05, 0.1) is 11.1 Å². The summed E-state index contributed by atoms with van der Waals surface area (Å²) in [6.45, 7) is 1.82. The Morgan fingerprint density at radius 1 is 1.12 bits per heavy atom. The van der Waals surface area contributed by atoms with Crippen LogP contribution < -0.4 is 10.6 Å². The number of fused-ring (bicyclic) bond motifs is 1. The number of aromatic nitrogens is 1. The summed E-state index contributed by atoms with van der Waals surface area (Å²) in [6.07, 6.45) is -2.84. The Kier molecular flexibility index (Phi) is 4.30. The zero-order chi connectivity index (χ0) is 18.9. The van der Waals surface area contributed by atoms with Crippen LogP contribution in [0.1, 0.15) is 16.7 Å². The van der Waals surface area contributed by atoms with Gasteiger partial charge in [-0.15, -0.1) is 0 Å². The molecule has 2 amide bonds. The lowest BCUT2D eigenvalue weighted by molar-refractivity contribution is -0.137. The molecule has 5 nitrogen and oxygen atoms in total. The highest BCUT2D eigenvalue weighted by Crippen LogP contribution is 2.30. The maximum atomic E-state index is 12.5. The summed E-state index contributed by atoms with van der Waals surface area (Å²) >= 11 is 0. The van der Waals surface area contributed by atoms with Gasteiger partial charge in [-0.25, -0.2) is 4.79 Å². The first-order chi connectivity index (χ1) is 12.3. The number of alkyl halides is 3. The summed E-state index contributed by atoms with van der Waals surface area (Å²) < 4.78 is 37.6. The van der Waals surface area contributed by atoms with Crippen LogP contribution in [0.5, 0.6) is 0 Å². The predicted octanol–water partition coefficient (Wildman–Crippen LogP) is 5.01. The second-order valence-corrected chi connectivity index (χ2v) is 5.68. The molecule has 1 aromatic heterocycles. The van der Waals surface area contributed by atoms with Crippen molar-refractivity contribution in [3.8, 4) is 6.07 Å². The van der Waals surface area contributed by atoms with E-state index < -0.39 is 17.8 Å². The molecule has 26 heavy (non-hydrogen) atoms. The van der Waals surface area contributed by atoms with Crippen LogP contribution >= 0.6 is 0 Å². The van der Waals surface area contributed by atoms with Crippen LogP contribution in [-0.2, 0) is 6.18 Å². The maximum Gasteiger partial charge on any atom is 0.416 e. The van der Waals surface area contributed by atoms with E-state index in [1.54, 1.807) is 18.3 Å². The Morgan fingerprint density at radius 2 is 1.77 bits per heavy atom. The Hall–Kier alpha value is -3.47. The zero-order valence-corrected chi connectivity index (χ0v) is 13.5. The van der Waals surface area contributed by atoms with E-state index in [2.05, 4.69) is 21.7 Å². The highest BCUT2D eigenvalue weighted by atomic mass is 19.4. The van der Waals surface area contributed by atoms with Crippen LogP contribution in [0.15, 0.2) is 42.6 Å². The smallest absolute Gasteiger partial charge is 0.360 e. The van der Waals surface area contributed by atoms with E-state index in [1.807, 2.05) is 6.92 Å². The predicted molar refractivity (Wildman–Crippen MR) is 91.8 cm³/mol. The molecule has 3 N–H and O–H groups in total. The molecule has 2 aromatic carbocycles. The number of H-pyrrole nitrogens is 1. The van der Waals surface area contributed by atoms with Gasteiger partial charge in [0, 0.05) is 28.5 Å². The van der Waals surface area contributed by atoms with Gasteiger partial charge in [0.25, 0.3) is 0 Å². The second-order valence-electron chi connectivity index (χ2n) is 5.68. The Labute approximate surface area is 146 Å². The number of amides is 2. The number of nitrogens with one attached hydrogen (secondary N) is 3. The number of nitriles is 1. The topological polar surface area (TPSA) is 80.7 Å². The van der Waals surface area contributed by atoms with E-state index in [0.29, 0.717) is 16.8 Å². The fourth-order valence-electron chi connectivity index (χ4n) is 2.68. The number of hydrogen-bond acceptors (Lipinski definition) is 2. The summed E-state index contributed by atoms with van der Waals surface area (Å²) in [5, 5.41) is 14.9. The van der Waals surface area contributed by atoms with E-state index >= 15 is 0 Å². The Balaban J connectivity index is 1.74. The van der Waals surface area contributed by atoms with Crippen LogP contribution in [-0.4, -0.2) is 11.0 Å². The minimum Gasteiger partial charge on any atom is -0.360 e. The number of aromatic amines is 1. The quantitative estimate of drug-likeness (QED) is 0.602. The van der Waals surface area contributed by atoms with Gasteiger partial charge in [-0.05, 0) is 48.9 Å². The number of benzene rings is 2. The van der Waals surface area contributed by atoms with E-state index in [-0.39, 0.29) is 5.69 Å². The number of carbonyl (C=O) groups is 1. The average molecular weight is 358 g/mol.